The number of nitrogens with one attached hydrogen (secondary N) is 1. The predicted octanol–water partition coefficient (Wildman–Crippen LogP) is 5.25. The molecule has 6 atom stereocenters. The Morgan fingerprint density at radius 3 is 1.54 bits per heavy atom. The zero-order valence-corrected chi connectivity index (χ0v) is 21.0. The number of hydrogen-bond donors (Lipinski definition) is 1. The largest absolute Gasteiger partial charge is 0.316 e. The maximum Gasteiger partial charge on any atom is 0.233 e. The van der Waals surface area contributed by atoms with Gasteiger partial charge in [0.15, 0.2) is 0 Å². The molecular formula is C31H44ClN3O2. The maximum atomic E-state index is 11.7. The van der Waals surface area contributed by atoms with Crippen LogP contribution < -0.4 is 5.32 Å². The third kappa shape index (κ3) is 7.01. The van der Waals surface area contributed by atoms with E-state index in [1.807, 2.05) is 30.3 Å². The molecule has 6 aliphatic rings. The number of hydrogen-bond acceptors (Lipinski definition) is 4. The van der Waals surface area contributed by atoms with Crippen molar-refractivity contribution in [1.82, 2.24) is 15.1 Å². The van der Waals surface area contributed by atoms with Gasteiger partial charge in [-0.15, -0.1) is 12.4 Å². The molecule has 8 rings (SSSR count). The summed E-state index contributed by atoms with van der Waals surface area (Å²) in [5.41, 5.74) is 2.48. The molecule has 3 saturated carbocycles. The first-order chi connectivity index (χ1) is 16.7. The first-order valence-electron chi connectivity index (χ1n) is 13.0. The molecule has 6 heteroatoms. The van der Waals surface area contributed by atoms with Gasteiger partial charge in [-0.25, -0.2) is 0 Å². The number of halogens is 1. The summed E-state index contributed by atoms with van der Waals surface area (Å²) in [6.07, 6.45) is 3.81. The van der Waals surface area contributed by atoms with Gasteiger partial charge in [-0.1, -0.05) is 75.5 Å². The number of piperidine rings is 3. The third-order valence-corrected chi connectivity index (χ3v) is 8.33. The molecule has 6 fully saturated rings. The molecule has 5 nitrogen and oxygen atoms in total. The number of fused-ring (bicyclic) bond motifs is 3. The minimum Gasteiger partial charge on any atom is -0.316 e. The number of carbonyl (C=O) groups excluding carboxylic acids is 2. The number of amides is 2. The number of likely N-dealkylation sites (tertiary alicyclic amines) is 2. The lowest BCUT2D eigenvalue weighted by molar-refractivity contribution is -0.142. The average molecular weight is 526 g/mol. The second kappa shape index (κ2) is 12.6. The van der Waals surface area contributed by atoms with Gasteiger partial charge in [-0.2, -0.15) is 0 Å². The van der Waals surface area contributed by atoms with Crippen LogP contribution in [-0.2, 0) is 22.7 Å². The number of benzene rings is 2. The monoisotopic (exact) mass is 525 g/mol. The lowest BCUT2D eigenvalue weighted by Crippen LogP contribution is -2.32. The van der Waals surface area contributed by atoms with E-state index in [-0.39, 0.29) is 50.9 Å². The fraction of sp³-hybridized carbons (Fsp3) is 0.548. The molecule has 2 aromatic carbocycles. The Bertz CT molecular complexity index is 995. The van der Waals surface area contributed by atoms with E-state index in [0.29, 0.717) is 6.54 Å². The lowest BCUT2D eigenvalue weighted by atomic mass is 10.2. The van der Waals surface area contributed by atoms with Gasteiger partial charge < -0.3 is 5.32 Å². The molecule has 202 valence electrons. The van der Waals surface area contributed by atoms with Crippen LogP contribution in [0.5, 0.6) is 0 Å². The zero-order chi connectivity index (χ0) is 23.1. The Morgan fingerprint density at radius 1 is 0.649 bits per heavy atom. The van der Waals surface area contributed by atoms with Crippen LogP contribution in [0.25, 0.3) is 0 Å². The van der Waals surface area contributed by atoms with Gasteiger partial charge in [0.05, 0.1) is 18.4 Å². The van der Waals surface area contributed by atoms with Crippen LogP contribution in [0.1, 0.15) is 45.2 Å². The van der Waals surface area contributed by atoms with Crippen molar-refractivity contribution in [3.63, 3.8) is 0 Å². The Balaban J connectivity index is 0.000000158. The fourth-order valence-electron chi connectivity index (χ4n) is 5.90. The van der Waals surface area contributed by atoms with Crippen molar-refractivity contribution < 1.29 is 9.59 Å². The first kappa shape index (κ1) is 29.3. The molecule has 3 saturated heterocycles. The van der Waals surface area contributed by atoms with Crippen LogP contribution in [-0.4, -0.2) is 47.8 Å². The van der Waals surface area contributed by atoms with E-state index in [4.69, 9.17) is 0 Å². The number of carbonyl (C=O) groups is 2. The second-order valence-electron chi connectivity index (χ2n) is 11.0. The molecule has 3 heterocycles. The Labute approximate surface area is 229 Å². The van der Waals surface area contributed by atoms with Crippen LogP contribution in [0.3, 0.4) is 0 Å². The second-order valence-corrected chi connectivity index (χ2v) is 11.0. The summed E-state index contributed by atoms with van der Waals surface area (Å²) < 4.78 is 0. The van der Waals surface area contributed by atoms with Crippen molar-refractivity contribution in [3.8, 4) is 0 Å². The molecule has 0 bridgehead atoms. The van der Waals surface area contributed by atoms with Crippen molar-refractivity contribution in [1.29, 1.82) is 0 Å². The first-order valence-corrected chi connectivity index (χ1v) is 13.0. The number of imide groups is 1. The van der Waals surface area contributed by atoms with Gasteiger partial charge in [0.1, 0.15) is 0 Å². The molecule has 37 heavy (non-hydrogen) atoms. The molecule has 3 aliphatic heterocycles. The van der Waals surface area contributed by atoms with Gasteiger partial charge >= 0.3 is 0 Å². The minimum atomic E-state index is 0. The van der Waals surface area contributed by atoms with Gasteiger partial charge in [0.2, 0.25) is 11.8 Å². The molecule has 0 unspecified atom stereocenters. The van der Waals surface area contributed by atoms with Gasteiger partial charge in [0.25, 0.3) is 0 Å². The minimum absolute atomic E-state index is 0. The highest BCUT2D eigenvalue weighted by molar-refractivity contribution is 6.08. The topological polar surface area (TPSA) is 52.7 Å². The van der Waals surface area contributed by atoms with E-state index >= 15 is 0 Å². The fourth-order valence-corrected chi connectivity index (χ4v) is 5.90. The molecule has 2 aromatic rings. The average Bonchev–Trinajstić information content (AvgIpc) is 3.83. The summed E-state index contributed by atoms with van der Waals surface area (Å²) >= 11 is 0. The van der Waals surface area contributed by atoms with E-state index in [0.717, 1.165) is 42.2 Å². The van der Waals surface area contributed by atoms with Crippen LogP contribution in [0.2, 0.25) is 0 Å². The van der Waals surface area contributed by atoms with Gasteiger partial charge in [-0.3, -0.25) is 19.4 Å². The van der Waals surface area contributed by atoms with Crippen LogP contribution >= 0.6 is 12.4 Å². The van der Waals surface area contributed by atoms with Crippen LogP contribution in [0.4, 0.5) is 0 Å². The van der Waals surface area contributed by atoms with Gasteiger partial charge in [0, 0.05) is 19.6 Å². The van der Waals surface area contributed by atoms with Crippen LogP contribution in [0, 0.1) is 35.5 Å². The van der Waals surface area contributed by atoms with E-state index in [1.165, 1.54) is 49.5 Å². The Kier molecular flexibility index (Phi) is 9.96. The highest BCUT2D eigenvalue weighted by Crippen LogP contribution is 2.47. The maximum absolute atomic E-state index is 11.7. The van der Waals surface area contributed by atoms with Crippen molar-refractivity contribution in [2.45, 2.75) is 47.2 Å². The summed E-state index contributed by atoms with van der Waals surface area (Å²) in [4.78, 5) is 27.3. The van der Waals surface area contributed by atoms with Crippen LogP contribution in [0.15, 0.2) is 60.7 Å². The summed E-state index contributed by atoms with van der Waals surface area (Å²) in [7, 11) is 0. The zero-order valence-electron chi connectivity index (χ0n) is 20.2. The highest BCUT2D eigenvalue weighted by Gasteiger charge is 2.58. The van der Waals surface area contributed by atoms with Crippen molar-refractivity contribution in [2.75, 3.05) is 26.2 Å². The number of rotatable bonds is 4. The summed E-state index contributed by atoms with van der Waals surface area (Å²) in [5.74, 6) is 4.40. The lowest BCUT2D eigenvalue weighted by Gasteiger charge is -2.16. The van der Waals surface area contributed by atoms with E-state index in [1.54, 1.807) is 0 Å². The van der Waals surface area contributed by atoms with E-state index < -0.39 is 0 Å². The quantitative estimate of drug-likeness (QED) is 0.554. The molecule has 0 aromatic heterocycles. The third-order valence-electron chi connectivity index (χ3n) is 8.33. The Morgan fingerprint density at radius 2 is 1.11 bits per heavy atom. The summed E-state index contributed by atoms with van der Waals surface area (Å²) in [6.45, 7) is 6.91. The molecule has 3 aliphatic carbocycles. The highest BCUT2D eigenvalue weighted by atomic mass is 35.5. The van der Waals surface area contributed by atoms with Crippen molar-refractivity contribution >= 4 is 24.2 Å². The normalized spacial score (nSPS) is 31.0. The summed E-state index contributed by atoms with van der Waals surface area (Å²) in [6, 6.07) is 20.4. The smallest absolute Gasteiger partial charge is 0.233 e. The predicted molar refractivity (Wildman–Crippen MR) is 152 cm³/mol. The number of nitrogens with zero attached hydrogens (tertiary/aromatic N) is 2. The van der Waals surface area contributed by atoms with E-state index in [9.17, 15) is 9.59 Å². The Hall–Kier alpha value is -2.21. The standard InChI is InChI=1S/C12H11NO2.C12H15N.C5H9N.2CH4.ClH/c14-11-9-6-10(9)12(15)13(11)7-8-4-2-1-3-5-8;1-2-4-10(5-3-1)7-13-8-11-6-12(11)9-13;1-4-2-6-3-5(1)4;;;/h1-5,9-10H,6-7H2;1-5,11-12H,6-9H2;4-6H,1-3H2;2*1H4;1H/t9-,10+;11-,12+;4-,5+;;;. The molecule has 0 radical (unpaired) electrons. The van der Waals surface area contributed by atoms with Gasteiger partial charge in [-0.05, 0) is 67.2 Å². The van der Waals surface area contributed by atoms with Crippen molar-refractivity contribution in [3.05, 3.63) is 71.8 Å². The van der Waals surface area contributed by atoms with Crippen molar-refractivity contribution in [2.24, 2.45) is 35.5 Å². The molecule has 1 N–H and O–H groups in total. The molecule has 2 amide bonds. The molecule has 0 spiro atoms. The summed E-state index contributed by atoms with van der Waals surface area (Å²) in [5, 5.41) is 3.32. The molecular weight excluding hydrogens is 482 g/mol. The SMILES string of the molecule is C.C.C1NC[C@H]2C[C@@H]12.Cl.O=C1[C@H]2C[C@H]2C(=O)N1Cc1ccccc1.c1ccc(CN2C[C@H]3C[C@H]3C2)cc1. The van der Waals surface area contributed by atoms with E-state index in [2.05, 4.69) is 40.5 Å².